The van der Waals surface area contributed by atoms with E-state index in [-0.39, 0.29) is 0 Å². The second-order valence-corrected chi connectivity index (χ2v) is 4.16. The van der Waals surface area contributed by atoms with E-state index < -0.39 is 0 Å². The number of nitrogens with one attached hydrogen (secondary N) is 1. The Balaban J connectivity index is 1.88. The van der Waals surface area contributed by atoms with Gasteiger partial charge >= 0.3 is 0 Å². The summed E-state index contributed by atoms with van der Waals surface area (Å²) >= 11 is 0. The van der Waals surface area contributed by atoms with Gasteiger partial charge in [0.2, 0.25) is 0 Å². The van der Waals surface area contributed by atoms with Crippen molar-refractivity contribution in [3.8, 4) is 0 Å². The van der Waals surface area contributed by atoms with Gasteiger partial charge in [0, 0.05) is 12.6 Å². The normalized spacial score (nSPS) is 10.9. The summed E-state index contributed by atoms with van der Waals surface area (Å²) in [7, 11) is 0. The van der Waals surface area contributed by atoms with Crippen LogP contribution in [0.2, 0.25) is 0 Å². The zero-order chi connectivity index (χ0) is 11.6. The number of hydrogen-bond acceptors (Lipinski definition) is 4. The largest absolute Gasteiger partial charge is 0.361 e. The lowest BCUT2D eigenvalue weighted by molar-refractivity contribution is 0.388. The molecule has 1 aromatic rings. The van der Waals surface area contributed by atoms with E-state index >= 15 is 0 Å². The Bertz CT molecular complexity index is 273. The van der Waals surface area contributed by atoms with E-state index in [0.717, 1.165) is 37.5 Å². The molecule has 0 atom stereocenters. The molecule has 0 aliphatic heterocycles. The Kier molecular flexibility index (Phi) is 6.85. The molecule has 0 unspecified atom stereocenters. The predicted molar refractivity (Wildman–Crippen MR) is 65.1 cm³/mol. The van der Waals surface area contributed by atoms with Crippen LogP contribution in [0, 0.1) is 6.92 Å². The van der Waals surface area contributed by atoms with Crippen LogP contribution in [-0.4, -0.2) is 18.2 Å². The second-order valence-electron chi connectivity index (χ2n) is 4.16. The molecule has 0 aliphatic carbocycles. The van der Waals surface area contributed by atoms with Gasteiger partial charge < -0.3 is 15.6 Å². The highest BCUT2D eigenvalue weighted by Gasteiger charge is 1.98. The summed E-state index contributed by atoms with van der Waals surface area (Å²) in [5.74, 6) is 0.874. The summed E-state index contributed by atoms with van der Waals surface area (Å²) in [6, 6.07) is 1.97. The first kappa shape index (κ1) is 13.2. The molecule has 0 aromatic carbocycles. The minimum atomic E-state index is 0.806. The number of rotatable bonds is 9. The summed E-state index contributed by atoms with van der Waals surface area (Å²) in [6.45, 7) is 4.59. The second kappa shape index (κ2) is 8.30. The van der Waals surface area contributed by atoms with Crippen LogP contribution in [0.25, 0.3) is 0 Å². The zero-order valence-electron chi connectivity index (χ0n) is 10.2. The maximum Gasteiger partial charge on any atom is 0.133 e. The topological polar surface area (TPSA) is 64.1 Å². The standard InChI is InChI=1S/C12H23N3O/c1-11-9-12(15-16-11)10-14-8-6-4-2-3-5-7-13/h9,14H,2-8,10,13H2,1H3. The van der Waals surface area contributed by atoms with Gasteiger partial charge in [-0.25, -0.2) is 0 Å². The third-order valence-corrected chi connectivity index (χ3v) is 2.54. The first-order valence-electron chi connectivity index (χ1n) is 6.16. The molecular weight excluding hydrogens is 202 g/mol. The van der Waals surface area contributed by atoms with Crippen LogP contribution in [0.15, 0.2) is 10.6 Å². The monoisotopic (exact) mass is 225 g/mol. The molecular formula is C12H23N3O. The van der Waals surface area contributed by atoms with Crippen molar-refractivity contribution in [2.45, 2.75) is 45.6 Å². The number of hydrogen-bond donors (Lipinski definition) is 2. The molecule has 0 saturated heterocycles. The van der Waals surface area contributed by atoms with Crippen molar-refractivity contribution in [3.05, 3.63) is 17.5 Å². The molecule has 92 valence electrons. The third kappa shape index (κ3) is 5.88. The van der Waals surface area contributed by atoms with E-state index in [2.05, 4.69) is 10.5 Å². The minimum absolute atomic E-state index is 0.806. The Labute approximate surface area is 97.6 Å². The van der Waals surface area contributed by atoms with Gasteiger partial charge in [0.05, 0.1) is 5.69 Å². The molecule has 0 amide bonds. The molecule has 4 nitrogen and oxygen atoms in total. The van der Waals surface area contributed by atoms with E-state index in [9.17, 15) is 0 Å². The lowest BCUT2D eigenvalue weighted by Crippen LogP contribution is -2.14. The molecule has 1 heterocycles. The van der Waals surface area contributed by atoms with Crippen LogP contribution < -0.4 is 11.1 Å². The predicted octanol–water partition coefficient (Wildman–Crippen LogP) is 1.98. The van der Waals surface area contributed by atoms with Gasteiger partial charge in [0.1, 0.15) is 5.76 Å². The summed E-state index contributed by atoms with van der Waals surface area (Å²) in [4.78, 5) is 0. The highest BCUT2D eigenvalue weighted by atomic mass is 16.5. The van der Waals surface area contributed by atoms with Crippen LogP contribution in [0.5, 0.6) is 0 Å². The maximum absolute atomic E-state index is 5.43. The van der Waals surface area contributed by atoms with Crippen molar-refractivity contribution in [1.29, 1.82) is 0 Å². The van der Waals surface area contributed by atoms with Crippen LogP contribution in [0.3, 0.4) is 0 Å². The molecule has 0 saturated carbocycles. The first-order chi connectivity index (χ1) is 7.83. The highest BCUT2D eigenvalue weighted by Crippen LogP contribution is 2.02. The summed E-state index contributed by atoms with van der Waals surface area (Å²) in [5.41, 5.74) is 6.42. The number of aryl methyl sites for hydroxylation is 1. The summed E-state index contributed by atoms with van der Waals surface area (Å²) in [6.07, 6.45) is 6.22. The van der Waals surface area contributed by atoms with Gasteiger partial charge in [-0.15, -0.1) is 0 Å². The molecule has 0 fully saturated rings. The third-order valence-electron chi connectivity index (χ3n) is 2.54. The van der Waals surface area contributed by atoms with Gasteiger partial charge in [-0.1, -0.05) is 24.4 Å². The summed E-state index contributed by atoms with van der Waals surface area (Å²) in [5, 5.41) is 7.28. The molecule has 0 spiro atoms. The maximum atomic E-state index is 5.43. The molecule has 0 bridgehead atoms. The van der Waals surface area contributed by atoms with Crippen molar-refractivity contribution < 1.29 is 4.52 Å². The smallest absolute Gasteiger partial charge is 0.133 e. The first-order valence-corrected chi connectivity index (χ1v) is 6.16. The molecule has 0 radical (unpaired) electrons. The number of nitrogens with two attached hydrogens (primary N) is 1. The molecule has 4 heteroatoms. The van der Waals surface area contributed by atoms with E-state index in [4.69, 9.17) is 10.3 Å². The average molecular weight is 225 g/mol. The molecule has 16 heavy (non-hydrogen) atoms. The molecule has 1 rings (SSSR count). The van der Waals surface area contributed by atoms with E-state index in [1.54, 1.807) is 0 Å². The zero-order valence-corrected chi connectivity index (χ0v) is 10.2. The van der Waals surface area contributed by atoms with Gasteiger partial charge in [0.25, 0.3) is 0 Å². The number of unbranched alkanes of at least 4 members (excludes halogenated alkanes) is 4. The molecule has 0 aliphatic rings. The summed E-state index contributed by atoms with van der Waals surface area (Å²) < 4.78 is 4.99. The van der Waals surface area contributed by atoms with Crippen molar-refractivity contribution >= 4 is 0 Å². The minimum Gasteiger partial charge on any atom is -0.361 e. The Morgan fingerprint density at radius 1 is 1.25 bits per heavy atom. The van der Waals surface area contributed by atoms with Gasteiger partial charge in [0.15, 0.2) is 0 Å². The van der Waals surface area contributed by atoms with E-state index in [0.29, 0.717) is 0 Å². The Morgan fingerprint density at radius 2 is 2.00 bits per heavy atom. The number of nitrogens with zero attached hydrogens (tertiary/aromatic N) is 1. The number of aromatic nitrogens is 1. The van der Waals surface area contributed by atoms with Crippen LogP contribution in [0.4, 0.5) is 0 Å². The van der Waals surface area contributed by atoms with Crippen LogP contribution in [-0.2, 0) is 6.54 Å². The molecule has 1 aromatic heterocycles. The van der Waals surface area contributed by atoms with Crippen molar-refractivity contribution in [2.75, 3.05) is 13.1 Å². The lowest BCUT2D eigenvalue weighted by Gasteiger charge is -2.02. The fourth-order valence-electron chi connectivity index (χ4n) is 1.64. The Morgan fingerprint density at radius 3 is 2.69 bits per heavy atom. The highest BCUT2D eigenvalue weighted by molar-refractivity contribution is 5.02. The van der Waals surface area contributed by atoms with Gasteiger partial charge in [-0.05, 0) is 32.9 Å². The lowest BCUT2D eigenvalue weighted by atomic mass is 10.1. The van der Waals surface area contributed by atoms with Crippen LogP contribution in [0.1, 0.15) is 43.6 Å². The van der Waals surface area contributed by atoms with Gasteiger partial charge in [-0.3, -0.25) is 0 Å². The SMILES string of the molecule is Cc1cc(CNCCCCCCCN)no1. The molecule has 3 N–H and O–H groups in total. The fourth-order valence-corrected chi connectivity index (χ4v) is 1.64. The fraction of sp³-hybridized carbons (Fsp3) is 0.750. The van der Waals surface area contributed by atoms with E-state index in [1.165, 1.54) is 25.7 Å². The van der Waals surface area contributed by atoms with Gasteiger partial charge in [-0.2, -0.15) is 0 Å². The van der Waals surface area contributed by atoms with Crippen molar-refractivity contribution in [1.82, 2.24) is 10.5 Å². The quantitative estimate of drug-likeness (QED) is 0.631. The average Bonchev–Trinajstić information content (AvgIpc) is 2.68. The van der Waals surface area contributed by atoms with Crippen molar-refractivity contribution in [3.63, 3.8) is 0 Å². The van der Waals surface area contributed by atoms with E-state index in [1.807, 2.05) is 13.0 Å². The van der Waals surface area contributed by atoms with Crippen LogP contribution >= 0.6 is 0 Å². The Hall–Kier alpha value is -0.870. The van der Waals surface area contributed by atoms with Crippen molar-refractivity contribution in [2.24, 2.45) is 5.73 Å².